The maximum absolute atomic E-state index is 4.65. The number of nitrogens with zero attached hydrogens (tertiary/aromatic N) is 2. The standard InChI is InChI=1S/C13H27N3S/c1-6-12-9-17-13(15-12)14-7-8-16(10(2)3)11(4)5/h10-12H,6-9H2,1-5H3,(H,14,15). The molecule has 1 fully saturated rings. The summed E-state index contributed by atoms with van der Waals surface area (Å²) < 4.78 is 0. The van der Waals surface area contributed by atoms with Gasteiger partial charge in [-0.25, -0.2) is 0 Å². The van der Waals surface area contributed by atoms with Crippen molar-refractivity contribution >= 4 is 16.9 Å². The number of hydrogen-bond donors (Lipinski definition) is 1. The van der Waals surface area contributed by atoms with Gasteiger partial charge in [-0.15, -0.1) is 0 Å². The van der Waals surface area contributed by atoms with Crippen LogP contribution >= 0.6 is 11.8 Å². The summed E-state index contributed by atoms with van der Waals surface area (Å²) in [5.74, 6) is 1.17. The Bertz CT molecular complexity index is 243. The molecule has 17 heavy (non-hydrogen) atoms. The van der Waals surface area contributed by atoms with Crippen LogP contribution in [0.25, 0.3) is 0 Å². The molecule has 1 aliphatic rings. The number of thioether (sulfide) groups is 1. The van der Waals surface area contributed by atoms with Crippen LogP contribution in [0.2, 0.25) is 0 Å². The monoisotopic (exact) mass is 257 g/mol. The first-order valence-electron chi connectivity index (χ1n) is 6.74. The van der Waals surface area contributed by atoms with E-state index in [1.54, 1.807) is 0 Å². The average molecular weight is 257 g/mol. The van der Waals surface area contributed by atoms with E-state index in [1.807, 2.05) is 11.8 Å². The predicted octanol–water partition coefficient (Wildman–Crippen LogP) is 2.58. The molecule has 0 bridgehead atoms. The van der Waals surface area contributed by atoms with Crippen LogP contribution < -0.4 is 5.32 Å². The molecule has 1 heterocycles. The number of nitrogens with one attached hydrogen (secondary N) is 1. The Kier molecular flexibility index (Phi) is 6.34. The van der Waals surface area contributed by atoms with E-state index < -0.39 is 0 Å². The lowest BCUT2D eigenvalue weighted by atomic mass is 10.2. The maximum atomic E-state index is 4.65. The van der Waals surface area contributed by atoms with Crippen LogP contribution in [0.3, 0.4) is 0 Å². The molecule has 0 spiro atoms. The van der Waals surface area contributed by atoms with Gasteiger partial charge >= 0.3 is 0 Å². The quantitative estimate of drug-likeness (QED) is 0.792. The second-order valence-corrected chi connectivity index (χ2v) is 6.18. The minimum absolute atomic E-state index is 0.600. The van der Waals surface area contributed by atoms with Gasteiger partial charge in [0.25, 0.3) is 0 Å². The number of amidine groups is 1. The highest BCUT2D eigenvalue weighted by atomic mass is 32.2. The second kappa shape index (κ2) is 7.27. The van der Waals surface area contributed by atoms with Crippen molar-refractivity contribution in [3.05, 3.63) is 0 Å². The van der Waals surface area contributed by atoms with Crippen molar-refractivity contribution in [1.29, 1.82) is 0 Å². The molecular formula is C13H27N3S. The molecule has 0 radical (unpaired) electrons. The molecule has 0 saturated carbocycles. The summed E-state index contributed by atoms with van der Waals surface area (Å²) in [6.45, 7) is 13.2. The SMILES string of the molecule is CCC1CSC(=NCCN(C(C)C)C(C)C)N1. The smallest absolute Gasteiger partial charge is 0.156 e. The van der Waals surface area contributed by atoms with E-state index in [2.05, 4.69) is 49.8 Å². The maximum Gasteiger partial charge on any atom is 0.156 e. The van der Waals surface area contributed by atoms with Crippen molar-refractivity contribution in [3.63, 3.8) is 0 Å². The van der Waals surface area contributed by atoms with Crippen LogP contribution in [0.15, 0.2) is 4.99 Å². The largest absolute Gasteiger partial charge is 0.361 e. The van der Waals surface area contributed by atoms with E-state index in [0.717, 1.165) is 18.3 Å². The minimum atomic E-state index is 0.600. The van der Waals surface area contributed by atoms with Gasteiger partial charge in [0.15, 0.2) is 5.17 Å². The first-order chi connectivity index (χ1) is 8.04. The van der Waals surface area contributed by atoms with Crippen LogP contribution in [0, 0.1) is 0 Å². The van der Waals surface area contributed by atoms with Gasteiger partial charge in [0, 0.05) is 30.4 Å². The number of hydrogen-bond acceptors (Lipinski definition) is 3. The Balaban J connectivity index is 2.33. The Hall–Kier alpha value is -0.220. The van der Waals surface area contributed by atoms with E-state index >= 15 is 0 Å². The number of rotatable bonds is 6. The molecular weight excluding hydrogens is 230 g/mol. The zero-order valence-electron chi connectivity index (χ0n) is 11.9. The van der Waals surface area contributed by atoms with Crippen LogP contribution in [0.1, 0.15) is 41.0 Å². The van der Waals surface area contributed by atoms with Crippen molar-refractivity contribution in [2.75, 3.05) is 18.8 Å². The van der Waals surface area contributed by atoms with Gasteiger partial charge < -0.3 is 5.32 Å². The van der Waals surface area contributed by atoms with E-state index in [-0.39, 0.29) is 0 Å². The minimum Gasteiger partial charge on any atom is -0.361 e. The van der Waals surface area contributed by atoms with Crippen molar-refractivity contribution in [2.24, 2.45) is 4.99 Å². The van der Waals surface area contributed by atoms with Crippen LogP contribution in [-0.4, -0.2) is 47.0 Å². The van der Waals surface area contributed by atoms with Gasteiger partial charge in [-0.3, -0.25) is 9.89 Å². The second-order valence-electron chi connectivity index (χ2n) is 5.17. The highest BCUT2D eigenvalue weighted by Gasteiger charge is 2.18. The Morgan fingerprint density at radius 3 is 2.47 bits per heavy atom. The molecule has 1 saturated heterocycles. The van der Waals surface area contributed by atoms with Crippen molar-refractivity contribution < 1.29 is 0 Å². The zero-order chi connectivity index (χ0) is 12.8. The lowest BCUT2D eigenvalue weighted by Gasteiger charge is -2.29. The first kappa shape index (κ1) is 14.8. The summed E-state index contributed by atoms with van der Waals surface area (Å²) >= 11 is 1.86. The molecule has 1 rings (SSSR count). The van der Waals surface area contributed by atoms with Crippen LogP contribution in [-0.2, 0) is 0 Å². The van der Waals surface area contributed by atoms with Gasteiger partial charge in [-0.05, 0) is 34.1 Å². The molecule has 0 aliphatic carbocycles. The van der Waals surface area contributed by atoms with E-state index in [1.165, 1.54) is 12.2 Å². The summed E-state index contributed by atoms with van der Waals surface area (Å²) in [5, 5.41) is 4.61. The first-order valence-corrected chi connectivity index (χ1v) is 7.72. The summed E-state index contributed by atoms with van der Waals surface area (Å²) in [6, 6.07) is 1.83. The highest BCUT2D eigenvalue weighted by Crippen LogP contribution is 2.15. The van der Waals surface area contributed by atoms with Crippen LogP contribution in [0.5, 0.6) is 0 Å². The predicted molar refractivity (Wildman–Crippen MR) is 79.0 cm³/mol. The van der Waals surface area contributed by atoms with Crippen molar-refractivity contribution in [2.45, 2.75) is 59.2 Å². The zero-order valence-corrected chi connectivity index (χ0v) is 12.7. The third kappa shape index (κ3) is 4.88. The van der Waals surface area contributed by atoms with Gasteiger partial charge in [0.2, 0.25) is 0 Å². The third-order valence-corrected chi connectivity index (χ3v) is 4.27. The Morgan fingerprint density at radius 2 is 2.00 bits per heavy atom. The third-order valence-electron chi connectivity index (χ3n) is 3.18. The highest BCUT2D eigenvalue weighted by molar-refractivity contribution is 8.14. The molecule has 1 atom stereocenters. The Labute approximate surface area is 110 Å². The summed E-state index contributed by atoms with van der Waals surface area (Å²) in [5.41, 5.74) is 0. The molecule has 1 N–H and O–H groups in total. The van der Waals surface area contributed by atoms with Gasteiger partial charge in [0.05, 0.1) is 6.54 Å². The topological polar surface area (TPSA) is 27.6 Å². The van der Waals surface area contributed by atoms with Gasteiger partial charge in [-0.1, -0.05) is 18.7 Å². The molecule has 1 unspecified atom stereocenters. The van der Waals surface area contributed by atoms with Crippen LogP contribution in [0.4, 0.5) is 0 Å². The van der Waals surface area contributed by atoms with Gasteiger partial charge in [-0.2, -0.15) is 0 Å². The summed E-state index contributed by atoms with van der Waals surface area (Å²) in [7, 11) is 0. The van der Waals surface area contributed by atoms with Crippen molar-refractivity contribution in [1.82, 2.24) is 10.2 Å². The fraction of sp³-hybridized carbons (Fsp3) is 0.923. The lowest BCUT2D eigenvalue weighted by molar-refractivity contribution is 0.181. The normalized spacial score (nSPS) is 23.1. The summed E-state index contributed by atoms with van der Waals surface area (Å²) in [6.07, 6.45) is 1.19. The number of aliphatic imine (C=N–C) groups is 1. The lowest BCUT2D eigenvalue weighted by Crippen LogP contribution is -2.39. The van der Waals surface area contributed by atoms with Crippen molar-refractivity contribution in [3.8, 4) is 0 Å². The summed E-state index contributed by atoms with van der Waals surface area (Å²) in [4.78, 5) is 7.14. The molecule has 0 aromatic heterocycles. The molecule has 1 aliphatic heterocycles. The molecule has 4 heteroatoms. The fourth-order valence-corrected chi connectivity index (χ4v) is 3.24. The van der Waals surface area contributed by atoms with E-state index in [4.69, 9.17) is 0 Å². The molecule has 0 amide bonds. The van der Waals surface area contributed by atoms with E-state index in [0.29, 0.717) is 18.1 Å². The fourth-order valence-electron chi connectivity index (χ4n) is 2.13. The molecule has 100 valence electrons. The van der Waals surface area contributed by atoms with E-state index in [9.17, 15) is 0 Å². The molecule has 3 nitrogen and oxygen atoms in total. The average Bonchev–Trinajstić information content (AvgIpc) is 2.71. The Morgan fingerprint density at radius 1 is 1.35 bits per heavy atom. The molecule has 0 aromatic carbocycles. The van der Waals surface area contributed by atoms with Gasteiger partial charge in [0.1, 0.15) is 0 Å². The molecule has 0 aromatic rings.